The van der Waals surface area contributed by atoms with Gasteiger partial charge in [-0.05, 0) is 57.4 Å². The average molecular weight is 659 g/mol. The molecule has 1 unspecified atom stereocenters. The third-order valence-electron chi connectivity index (χ3n) is 4.94. The van der Waals surface area contributed by atoms with Gasteiger partial charge in [-0.25, -0.2) is 0 Å². The summed E-state index contributed by atoms with van der Waals surface area (Å²) in [5, 5.41) is 3.54. The number of hydrogen-bond acceptors (Lipinski definition) is 2. The Labute approximate surface area is 225 Å². The maximum Gasteiger partial charge on any atom is 0.416 e. The average Bonchev–Trinajstić information content (AvgIpc) is 2.78. The van der Waals surface area contributed by atoms with Gasteiger partial charge in [0, 0.05) is 4.47 Å². The lowest BCUT2D eigenvalue weighted by molar-refractivity contribution is -0.146. The number of alkyl halides is 12. The number of halogens is 13. The molecule has 0 aliphatic heterocycles. The summed E-state index contributed by atoms with van der Waals surface area (Å²) in [6.07, 6.45) is -19.6. The van der Waals surface area contributed by atoms with Crippen molar-refractivity contribution in [1.82, 2.24) is 10.6 Å². The molecule has 2 aromatic carbocycles. The van der Waals surface area contributed by atoms with Crippen LogP contribution in [-0.2, 0) is 17.1 Å². The molecular weight excluding hydrogens is 644 g/mol. The highest BCUT2D eigenvalue weighted by Gasteiger charge is 2.43. The van der Waals surface area contributed by atoms with E-state index in [-0.39, 0.29) is 33.8 Å². The number of carbonyl (C=O) groups excluding carboxylic acids is 2. The van der Waals surface area contributed by atoms with Gasteiger partial charge in [0.2, 0.25) is 5.91 Å². The number of benzene rings is 2. The van der Waals surface area contributed by atoms with Crippen LogP contribution >= 0.6 is 15.9 Å². The Hall–Kier alpha value is -3.24. The molecule has 1 atom stereocenters. The molecule has 2 N–H and O–H groups in total. The number of nitrogens with one attached hydrogen (secondary N) is 2. The van der Waals surface area contributed by atoms with Crippen molar-refractivity contribution in [3.8, 4) is 0 Å². The Morgan fingerprint density at radius 2 is 1.35 bits per heavy atom. The SMILES string of the molecule is O=C(CNC(=O)c1ccc(C=CC(c2cc(C(F)(F)F)cc(C(F)(F)F)c2)C(F)(F)F)cc1Br)NCC(F)(F)F. The predicted octanol–water partition coefficient (Wildman–Crippen LogP) is 7.25. The molecule has 0 saturated heterocycles. The summed E-state index contributed by atoms with van der Waals surface area (Å²) in [5.74, 6) is -5.00. The van der Waals surface area contributed by atoms with Crippen molar-refractivity contribution in [2.24, 2.45) is 0 Å². The lowest BCUT2D eigenvalue weighted by Gasteiger charge is -2.21. The van der Waals surface area contributed by atoms with Crippen LogP contribution in [0.15, 0.2) is 46.9 Å². The number of allylic oxidation sites excluding steroid dienone is 1. The molecule has 0 radical (unpaired) electrons. The molecule has 0 fully saturated rings. The van der Waals surface area contributed by atoms with Gasteiger partial charge in [-0.1, -0.05) is 18.2 Å². The molecule has 2 aromatic rings. The number of rotatable bonds is 7. The molecule has 0 saturated carbocycles. The van der Waals surface area contributed by atoms with Gasteiger partial charge in [0.05, 0.1) is 29.2 Å². The zero-order valence-electron chi connectivity index (χ0n) is 19.3. The van der Waals surface area contributed by atoms with E-state index in [1.165, 1.54) is 5.32 Å². The topological polar surface area (TPSA) is 58.2 Å². The van der Waals surface area contributed by atoms with E-state index in [1.807, 2.05) is 5.32 Å². The molecule has 0 bridgehead atoms. The van der Waals surface area contributed by atoms with E-state index in [0.717, 1.165) is 24.3 Å². The van der Waals surface area contributed by atoms with Crippen molar-refractivity contribution in [2.75, 3.05) is 13.1 Å². The highest BCUT2D eigenvalue weighted by Crippen LogP contribution is 2.42. The van der Waals surface area contributed by atoms with Crippen molar-refractivity contribution in [2.45, 2.75) is 30.6 Å². The lowest BCUT2D eigenvalue weighted by atomic mass is 9.93. The summed E-state index contributed by atoms with van der Waals surface area (Å²) >= 11 is 2.95. The van der Waals surface area contributed by atoms with Gasteiger partial charge in [0.15, 0.2) is 0 Å². The summed E-state index contributed by atoms with van der Waals surface area (Å²) in [4.78, 5) is 23.6. The van der Waals surface area contributed by atoms with Gasteiger partial charge in [-0.3, -0.25) is 9.59 Å². The quantitative estimate of drug-likeness (QED) is 0.308. The molecular formula is C23H15BrF12N2O2. The molecule has 2 amide bonds. The number of carbonyl (C=O) groups is 2. The fourth-order valence-electron chi connectivity index (χ4n) is 3.11. The van der Waals surface area contributed by atoms with Crippen LogP contribution < -0.4 is 10.6 Å². The molecule has 0 aliphatic rings. The third kappa shape index (κ3) is 9.75. The molecule has 17 heteroatoms. The highest BCUT2D eigenvalue weighted by atomic mass is 79.9. The van der Waals surface area contributed by atoms with Gasteiger partial charge in [0.1, 0.15) is 6.54 Å². The number of hydrogen-bond donors (Lipinski definition) is 2. The van der Waals surface area contributed by atoms with Gasteiger partial charge in [0.25, 0.3) is 5.91 Å². The van der Waals surface area contributed by atoms with Crippen molar-refractivity contribution in [1.29, 1.82) is 0 Å². The fraction of sp³-hybridized carbons (Fsp3) is 0.304. The first-order chi connectivity index (χ1) is 18.1. The second kappa shape index (κ2) is 12.1. The van der Waals surface area contributed by atoms with Crippen LogP contribution in [0.3, 0.4) is 0 Å². The van der Waals surface area contributed by atoms with Crippen LogP contribution in [0.2, 0.25) is 0 Å². The van der Waals surface area contributed by atoms with Crippen LogP contribution in [-0.4, -0.2) is 37.3 Å². The van der Waals surface area contributed by atoms with E-state index in [4.69, 9.17) is 0 Å². The Bertz CT molecular complexity index is 1230. The molecule has 4 nitrogen and oxygen atoms in total. The maximum atomic E-state index is 13.7. The van der Waals surface area contributed by atoms with Crippen LogP contribution in [0.25, 0.3) is 6.08 Å². The standard InChI is InChI=1S/C23H15BrF12N2O2/c24-17-5-11(1-3-15(17)19(40)37-9-18(39)38-10-20(25,26)27)2-4-16(23(34,35)36)12-6-13(21(28,29)30)8-14(7-12)22(31,32)33/h1-8,16H,9-10H2,(H,37,40)(H,38,39). The minimum absolute atomic E-state index is 0.0358. The van der Waals surface area contributed by atoms with Crippen LogP contribution in [0.5, 0.6) is 0 Å². The smallest absolute Gasteiger partial charge is 0.345 e. The molecule has 0 spiro atoms. The van der Waals surface area contributed by atoms with Gasteiger partial charge >= 0.3 is 24.7 Å². The molecule has 0 aromatic heterocycles. The first kappa shape index (κ1) is 33.0. The normalized spacial score (nSPS) is 13.8. The summed E-state index contributed by atoms with van der Waals surface area (Å²) < 4.78 is 156. The van der Waals surface area contributed by atoms with E-state index in [2.05, 4.69) is 15.9 Å². The van der Waals surface area contributed by atoms with Crippen molar-refractivity contribution >= 4 is 33.8 Å². The molecule has 2 rings (SSSR count). The second-order valence-electron chi connectivity index (χ2n) is 8.03. The van der Waals surface area contributed by atoms with Gasteiger partial charge in [-0.15, -0.1) is 0 Å². The Morgan fingerprint density at radius 1 is 0.800 bits per heavy atom. The fourth-order valence-corrected chi connectivity index (χ4v) is 3.69. The summed E-state index contributed by atoms with van der Waals surface area (Å²) in [6, 6.07) is 2.82. The van der Waals surface area contributed by atoms with Gasteiger partial charge in [-0.2, -0.15) is 52.7 Å². The first-order valence-electron chi connectivity index (χ1n) is 10.5. The lowest BCUT2D eigenvalue weighted by Crippen LogP contribution is -2.40. The van der Waals surface area contributed by atoms with Gasteiger partial charge < -0.3 is 10.6 Å². The van der Waals surface area contributed by atoms with Crippen molar-refractivity contribution in [3.63, 3.8) is 0 Å². The Morgan fingerprint density at radius 3 is 1.80 bits per heavy atom. The molecule has 220 valence electrons. The summed E-state index contributed by atoms with van der Waals surface area (Å²) in [6.45, 7) is -2.48. The summed E-state index contributed by atoms with van der Waals surface area (Å²) in [5.41, 5.74) is -5.43. The zero-order chi connectivity index (χ0) is 30.7. The second-order valence-corrected chi connectivity index (χ2v) is 8.89. The van der Waals surface area contributed by atoms with Crippen molar-refractivity contribution < 1.29 is 62.3 Å². The molecule has 40 heavy (non-hydrogen) atoms. The minimum Gasteiger partial charge on any atom is -0.345 e. The van der Waals surface area contributed by atoms with Crippen LogP contribution in [0.4, 0.5) is 52.7 Å². The van der Waals surface area contributed by atoms with E-state index < -0.39 is 72.2 Å². The van der Waals surface area contributed by atoms with E-state index in [1.54, 1.807) is 0 Å². The van der Waals surface area contributed by atoms with Crippen LogP contribution in [0.1, 0.15) is 38.5 Å². The van der Waals surface area contributed by atoms with E-state index >= 15 is 0 Å². The Kier molecular flexibility index (Phi) is 9.97. The van der Waals surface area contributed by atoms with Crippen molar-refractivity contribution in [3.05, 3.63) is 74.8 Å². The maximum absolute atomic E-state index is 13.7. The predicted molar refractivity (Wildman–Crippen MR) is 120 cm³/mol. The third-order valence-corrected chi connectivity index (χ3v) is 5.59. The first-order valence-corrected chi connectivity index (χ1v) is 11.3. The van der Waals surface area contributed by atoms with E-state index in [9.17, 15) is 62.3 Å². The van der Waals surface area contributed by atoms with E-state index in [0.29, 0.717) is 6.08 Å². The zero-order valence-corrected chi connectivity index (χ0v) is 20.9. The molecule has 0 heterocycles. The minimum atomic E-state index is -5.36. The largest absolute Gasteiger partial charge is 0.416 e. The monoisotopic (exact) mass is 658 g/mol. The number of amides is 2. The highest BCUT2D eigenvalue weighted by molar-refractivity contribution is 9.10. The van der Waals surface area contributed by atoms with Crippen LogP contribution in [0, 0.1) is 0 Å². The Balaban J connectivity index is 2.30. The molecule has 0 aliphatic carbocycles. The summed E-state index contributed by atoms with van der Waals surface area (Å²) in [7, 11) is 0.